The van der Waals surface area contributed by atoms with Gasteiger partial charge < -0.3 is 14.2 Å². The third-order valence-electron chi connectivity index (χ3n) is 12.2. The van der Waals surface area contributed by atoms with E-state index < -0.39 is 6.10 Å². The zero-order valence-corrected chi connectivity index (χ0v) is 39.5. The van der Waals surface area contributed by atoms with E-state index in [1.807, 2.05) is 0 Å². The lowest BCUT2D eigenvalue weighted by Gasteiger charge is -2.18. The molecule has 0 aliphatic carbocycles. The van der Waals surface area contributed by atoms with E-state index in [0.29, 0.717) is 19.3 Å². The van der Waals surface area contributed by atoms with Crippen LogP contribution in [0.1, 0.15) is 291 Å². The Hall–Kier alpha value is -1.59. The second-order valence-corrected chi connectivity index (χ2v) is 18.1. The Morgan fingerprint density at radius 2 is 0.603 bits per heavy atom. The van der Waals surface area contributed by atoms with Crippen LogP contribution in [0.25, 0.3) is 0 Å². The number of esters is 3. The standard InChI is InChI=1S/C52H100O6/c1-5-8-10-12-13-14-15-22-27-30-33-37-41-45-52(55)58-49(46-56-50(53)43-39-34-11-9-6-2)47-57-51(54)44-40-36-32-29-26-24-21-19-17-16-18-20-23-25-28-31-35-38-42-48(4)7-3/h48-49H,5-47H2,1-4H3/t48?,49-/m0/s1. The van der Waals surface area contributed by atoms with E-state index in [2.05, 4.69) is 27.7 Å². The Balaban J connectivity index is 4.04. The van der Waals surface area contributed by atoms with Crippen molar-refractivity contribution in [1.29, 1.82) is 0 Å². The highest BCUT2D eigenvalue weighted by molar-refractivity contribution is 5.71. The molecule has 0 amide bonds. The summed E-state index contributed by atoms with van der Waals surface area (Å²) in [6.45, 7) is 9.00. The van der Waals surface area contributed by atoms with Crippen molar-refractivity contribution in [3.05, 3.63) is 0 Å². The lowest BCUT2D eigenvalue weighted by molar-refractivity contribution is -0.167. The topological polar surface area (TPSA) is 78.9 Å². The van der Waals surface area contributed by atoms with Gasteiger partial charge in [0.25, 0.3) is 0 Å². The van der Waals surface area contributed by atoms with E-state index in [1.165, 1.54) is 180 Å². The van der Waals surface area contributed by atoms with Gasteiger partial charge in [0.2, 0.25) is 0 Å². The first-order valence-corrected chi connectivity index (χ1v) is 25.9. The van der Waals surface area contributed by atoms with E-state index in [4.69, 9.17) is 14.2 Å². The van der Waals surface area contributed by atoms with Crippen LogP contribution in [-0.4, -0.2) is 37.2 Å². The Bertz CT molecular complexity index is 874. The van der Waals surface area contributed by atoms with Gasteiger partial charge in [-0.25, -0.2) is 0 Å². The molecule has 0 fully saturated rings. The van der Waals surface area contributed by atoms with Gasteiger partial charge in [0, 0.05) is 19.3 Å². The predicted molar refractivity (Wildman–Crippen MR) is 247 cm³/mol. The maximum atomic E-state index is 12.7. The Kier molecular flexibility index (Phi) is 45.2. The summed E-state index contributed by atoms with van der Waals surface area (Å²) in [5.74, 6) is 0.0499. The Morgan fingerprint density at radius 1 is 0.345 bits per heavy atom. The lowest BCUT2D eigenvalue weighted by Crippen LogP contribution is -2.30. The number of rotatable bonds is 47. The normalized spacial score (nSPS) is 12.4. The van der Waals surface area contributed by atoms with Gasteiger partial charge >= 0.3 is 17.9 Å². The van der Waals surface area contributed by atoms with E-state index >= 15 is 0 Å². The average Bonchev–Trinajstić information content (AvgIpc) is 3.22. The Labute approximate surface area is 361 Å². The summed E-state index contributed by atoms with van der Waals surface area (Å²) in [4.78, 5) is 37.6. The molecule has 0 heterocycles. The minimum absolute atomic E-state index is 0.0638. The summed E-state index contributed by atoms with van der Waals surface area (Å²) in [5, 5.41) is 0. The first-order valence-electron chi connectivity index (χ1n) is 25.9. The molecule has 0 aliphatic rings. The van der Waals surface area contributed by atoms with Crippen LogP contribution in [0.3, 0.4) is 0 Å². The highest BCUT2D eigenvalue weighted by atomic mass is 16.6. The summed E-state index contributed by atoms with van der Waals surface area (Å²) < 4.78 is 16.7. The number of hydrogen-bond donors (Lipinski definition) is 0. The SMILES string of the molecule is CCCCCCCCCCCCCCCC(=O)O[C@@H](COC(=O)CCCCCCC)COC(=O)CCCCCCCCCCCCCCCCCCCCC(C)CC. The van der Waals surface area contributed by atoms with Crippen LogP contribution in [0.5, 0.6) is 0 Å². The van der Waals surface area contributed by atoms with Crippen LogP contribution in [-0.2, 0) is 28.6 Å². The highest BCUT2D eigenvalue weighted by Crippen LogP contribution is 2.18. The van der Waals surface area contributed by atoms with E-state index in [-0.39, 0.29) is 31.1 Å². The molecule has 0 spiro atoms. The van der Waals surface area contributed by atoms with Crippen LogP contribution in [0.2, 0.25) is 0 Å². The quantitative estimate of drug-likeness (QED) is 0.0346. The molecule has 0 aromatic rings. The summed E-state index contributed by atoms with van der Waals surface area (Å²) in [5.41, 5.74) is 0. The lowest BCUT2D eigenvalue weighted by atomic mass is 9.99. The zero-order valence-electron chi connectivity index (χ0n) is 39.5. The number of carbonyl (C=O) groups excluding carboxylic acids is 3. The van der Waals surface area contributed by atoms with Gasteiger partial charge in [0.15, 0.2) is 6.10 Å². The molecule has 0 bridgehead atoms. The maximum absolute atomic E-state index is 12.7. The smallest absolute Gasteiger partial charge is 0.306 e. The van der Waals surface area contributed by atoms with Crippen molar-refractivity contribution in [2.75, 3.05) is 13.2 Å². The van der Waals surface area contributed by atoms with Crippen LogP contribution in [0, 0.1) is 5.92 Å². The molecule has 2 atom stereocenters. The minimum atomic E-state index is -0.758. The Morgan fingerprint density at radius 3 is 0.897 bits per heavy atom. The van der Waals surface area contributed by atoms with Crippen molar-refractivity contribution in [2.24, 2.45) is 5.92 Å². The first-order chi connectivity index (χ1) is 28.4. The van der Waals surface area contributed by atoms with Gasteiger partial charge in [-0.1, -0.05) is 252 Å². The van der Waals surface area contributed by atoms with Crippen LogP contribution >= 0.6 is 0 Å². The molecule has 0 aromatic carbocycles. The van der Waals surface area contributed by atoms with Crippen LogP contribution < -0.4 is 0 Å². The zero-order chi connectivity index (χ0) is 42.4. The fourth-order valence-corrected chi connectivity index (χ4v) is 7.83. The maximum Gasteiger partial charge on any atom is 0.306 e. The van der Waals surface area contributed by atoms with Gasteiger partial charge in [0.05, 0.1) is 0 Å². The molecule has 6 heteroatoms. The molecule has 0 saturated carbocycles. The van der Waals surface area contributed by atoms with Crippen molar-refractivity contribution < 1.29 is 28.6 Å². The van der Waals surface area contributed by atoms with Gasteiger partial charge in [-0.15, -0.1) is 0 Å². The molecule has 6 nitrogen and oxygen atoms in total. The number of ether oxygens (including phenoxy) is 3. The molecule has 0 radical (unpaired) electrons. The second kappa shape index (κ2) is 46.5. The molecule has 1 unspecified atom stereocenters. The van der Waals surface area contributed by atoms with Gasteiger partial charge in [-0.2, -0.15) is 0 Å². The largest absolute Gasteiger partial charge is 0.462 e. The molecular weight excluding hydrogens is 721 g/mol. The summed E-state index contributed by atoms with van der Waals surface area (Å²) in [6, 6.07) is 0. The van der Waals surface area contributed by atoms with E-state index in [0.717, 1.165) is 70.1 Å². The van der Waals surface area contributed by atoms with Crippen LogP contribution in [0.4, 0.5) is 0 Å². The molecule has 0 aromatic heterocycles. The van der Waals surface area contributed by atoms with Crippen molar-refractivity contribution in [2.45, 2.75) is 297 Å². The number of carbonyl (C=O) groups is 3. The fourth-order valence-electron chi connectivity index (χ4n) is 7.83. The first kappa shape index (κ1) is 56.4. The number of unbranched alkanes of at least 4 members (excludes halogenated alkanes) is 33. The number of hydrogen-bond acceptors (Lipinski definition) is 6. The van der Waals surface area contributed by atoms with E-state index in [1.54, 1.807) is 0 Å². The molecule has 0 aliphatic heterocycles. The molecule has 0 N–H and O–H groups in total. The summed E-state index contributed by atoms with van der Waals surface area (Å²) in [6.07, 6.45) is 48.4. The fraction of sp³-hybridized carbons (Fsp3) is 0.942. The molecule has 0 saturated heterocycles. The van der Waals surface area contributed by atoms with Crippen molar-refractivity contribution in [1.82, 2.24) is 0 Å². The third kappa shape index (κ3) is 44.0. The van der Waals surface area contributed by atoms with Crippen molar-refractivity contribution in [3.8, 4) is 0 Å². The monoisotopic (exact) mass is 821 g/mol. The second-order valence-electron chi connectivity index (χ2n) is 18.1. The van der Waals surface area contributed by atoms with Crippen LogP contribution in [0.15, 0.2) is 0 Å². The minimum Gasteiger partial charge on any atom is -0.462 e. The van der Waals surface area contributed by atoms with Crippen molar-refractivity contribution in [3.63, 3.8) is 0 Å². The predicted octanol–water partition coefficient (Wildman–Crippen LogP) is 16.7. The van der Waals surface area contributed by atoms with Gasteiger partial charge in [-0.3, -0.25) is 14.4 Å². The van der Waals surface area contributed by atoms with Gasteiger partial charge in [-0.05, 0) is 25.2 Å². The van der Waals surface area contributed by atoms with Crippen molar-refractivity contribution >= 4 is 17.9 Å². The highest BCUT2D eigenvalue weighted by Gasteiger charge is 2.19. The summed E-state index contributed by atoms with van der Waals surface area (Å²) in [7, 11) is 0. The van der Waals surface area contributed by atoms with E-state index in [9.17, 15) is 14.4 Å². The van der Waals surface area contributed by atoms with Gasteiger partial charge in [0.1, 0.15) is 13.2 Å². The molecule has 0 rings (SSSR count). The molecular formula is C52H100O6. The molecule has 344 valence electrons. The molecule has 58 heavy (non-hydrogen) atoms. The third-order valence-corrected chi connectivity index (χ3v) is 12.2. The summed E-state index contributed by atoms with van der Waals surface area (Å²) >= 11 is 0. The average molecular weight is 821 g/mol.